The Morgan fingerprint density at radius 3 is 2.85 bits per heavy atom. The minimum Gasteiger partial charge on any atom is -0.463 e. The highest BCUT2D eigenvalue weighted by atomic mass is 16.3. The van der Waals surface area contributed by atoms with Crippen LogP contribution in [0.25, 0.3) is 0 Å². The van der Waals surface area contributed by atoms with Crippen molar-refractivity contribution in [2.75, 3.05) is 0 Å². The van der Waals surface area contributed by atoms with Crippen molar-refractivity contribution in [1.29, 1.82) is 0 Å². The van der Waals surface area contributed by atoms with Gasteiger partial charge in [-0.05, 0) is 12.1 Å². The lowest BCUT2D eigenvalue weighted by molar-refractivity contribution is 0.163. The predicted octanol–water partition coefficient (Wildman–Crippen LogP) is 1.82. The quantitative estimate of drug-likeness (QED) is 0.714. The first-order valence-corrected chi connectivity index (χ1v) is 4.40. The summed E-state index contributed by atoms with van der Waals surface area (Å²) in [7, 11) is 0. The number of aliphatic hydroxyl groups is 1. The third-order valence-electron chi connectivity index (χ3n) is 2.37. The van der Waals surface area contributed by atoms with Crippen LogP contribution in [0.5, 0.6) is 0 Å². The average molecular weight is 179 g/mol. The highest BCUT2D eigenvalue weighted by Crippen LogP contribution is 2.34. The Bertz CT molecular complexity index is 325. The molecule has 1 aromatic rings. The van der Waals surface area contributed by atoms with Crippen molar-refractivity contribution in [3.05, 3.63) is 24.2 Å². The van der Waals surface area contributed by atoms with E-state index in [4.69, 9.17) is 4.42 Å². The van der Waals surface area contributed by atoms with Crippen LogP contribution in [0, 0.1) is 5.41 Å². The summed E-state index contributed by atoms with van der Waals surface area (Å²) in [5, 5.41) is 9.40. The van der Waals surface area contributed by atoms with Gasteiger partial charge in [0.05, 0.1) is 12.0 Å². The monoisotopic (exact) mass is 179 g/mol. The van der Waals surface area contributed by atoms with Crippen LogP contribution in [0.1, 0.15) is 26.0 Å². The molecule has 1 unspecified atom stereocenters. The van der Waals surface area contributed by atoms with E-state index < -0.39 is 6.23 Å². The van der Waals surface area contributed by atoms with E-state index >= 15 is 0 Å². The van der Waals surface area contributed by atoms with Crippen molar-refractivity contribution in [2.45, 2.75) is 26.5 Å². The maximum absolute atomic E-state index is 9.40. The number of rotatable bonds is 1. The lowest BCUT2D eigenvalue weighted by atomic mass is 9.85. The SMILES string of the molecule is CC1(C)CC(O)N=C1c1ccco1. The lowest BCUT2D eigenvalue weighted by Gasteiger charge is -2.18. The first kappa shape index (κ1) is 8.51. The summed E-state index contributed by atoms with van der Waals surface area (Å²) in [5.41, 5.74) is 0.780. The molecule has 1 N–H and O–H groups in total. The number of aliphatic imine (C=N–C) groups is 1. The number of hydrogen-bond acceptors (Lipinski definition) is 3. The summed E-state index contributed by atoms with van der Waals surface area (Å²) < 4.78 is 5.26. The van der Waals surface area contributed by atoms with Crippen molar-refractivity contribution in [2.24, 2.45) is 10.4 Å². The van der Waals surface area contributed by atoms with Crippen LogP contribution in [-0.2, 0) is 0 Å². The van der Waals surface area contributed by atoms with E-state index in [1.54, 1.807) is 6.26 Å². The van der Waals surface area contributed by atoms with Crippen LogP contribution in [-0.4, -0.2) is 17.0 Å². The zero-order valence-electron chi connectivity index (χ0n) is 7.82. The van der Waals surface area contributed by atoms with E-state index in [9.17, 15) is 5.11 Å². The fraction of sp³-hybridized carbons (Fsp3) is 0.500. The molecule has 0 aromatic carbocycles. The standard InChI is InChI=1S/C10H13NO2/c1-10(2)6-8(12)11-9(10)7-4-3-5-13-7/h3-5,8,12H,6H2,1-2H3. The van der Waals surface area contributed by atoms with Gasteiger partial charge in [0.25, 0.3) is 0 Å². The zero-order valence-corrected chi connectivity index (χ0v) is 7.82. The van der Waals surface area contributed by atoms with Crippen LogP contribution >= 0.6 is 0 Å². The molecule has 0 saturated heterocycles. The second kappa shape index (κ2) is 2.70. The number of nitrogens with zero attached hydrogens (tertiary/aromatic N) is 1. The van der Waals surface area contributed by atoms with E-state index in [1.165, 1.54) is 0 Å². The predicted molar refractivity (Wildman–Crippen MR) is 49.6 cm³/mol. The maximum atomic E-state index is 9.40. The van der Waals surface area contributed by atoms with Gasteiger partial charge in [-0.2, -0.15) is 0 Å². The summed E-state index contributed by atoms with van der Waals surface area (Å²) in [6, 6.07) is 3.71. The van der Waals surface area contributed by atoms with Gasteiger partial charge < -0.3 is 9.52 Å². The molecule has 3 nitrogen and oxygen atoms in total. The van der Waals surface area contributed by atoms with Gasteiger partial charge in [-0.15, -0.1) is 0 Å². The second-order valence-corrected chi connectivity index (χ2v) is 4.02. The molecule has 0 saturated carbocycles. The Labute approximate surface area is 77.1 Å². The summed E-state index contributed by atoms with van der Waals surface area (Å²) >= 11 is 0. The van der Waals surface area contributed by atoms with E-state index in [0.29, 0.717) is 6.42 Å². The molecule has 2 rings (SSSR count). The molecule has 0 fully saturated rings. The largest absolute Gasteiger partial charge is 0.463 e. The van der Waals surface area contributed by atoms with Crippen LogP contribution in [0.15, 0.2) is 27.8 Å². The van der Waals surface area contributed by atoms with Crippen LogP contribution in [0.3, 0.4) is 0 Å². The molecular formula is C10H13NO2. The molecule has 0 spiro atoms. The van der Waals surface area contributed by atoms with Crippen LogP contribution in [0.4, 0.5) is 0 Å². The minimum absolute atomic E-state index is 0.0860. The van der Waals surface area contributed by atoms with Crippen molar-refractivity contribution in [1.82, 2.24) is 0 Å². The number of furan rings is 1. The number of aliphatic hydroxyl groups excluding tert-OH is 1. The molecule has 1 aliphatic heterocycles. The first-order chi connectivity index (χ1) is 6.09. The normalized spacial score (nSPS) is 26.1. The molecule has 13 heavy (non-hydrogen) atoms. The van der Waals surface area contributed by atoms with Gasteiger partial charge in [0, 0.05) is 11.8 Å². The minimum atomic E-state index is -0.574. The van der Waals surface area contributed by atoms with E-state index in [-0.39, 0.29) is 5.41 Å². The second-order valence-electron chi connectivity index (χ2n) is 4.02. The fourth-order valence-electron chi connectivity index (χ4n) is 1.73. The van der Waals surface area contributed by atoms with Gasteiger partial charge in [-0.1, -0.05) is 13.8 Å². The third kappa shape index (κ3) is 1.40. The lowest BCUT2D eigenvalue weighted by Crippen LogP contribution is -2.20. The highest BCUT2D eigenvalue weighted by Gasteiger charge is 2.36. The van der Waals surface area contributed by atoms with Crippen molar-refractivity contribution in [3.8, 4) is 0 Å². The molecule has 1 atom stereocenters. The third-order valence-corrected chi connectivity index (χ3v) is 2.37. The average Bonchev–Trinajstić information content (AvgIpc) is 2.56. The maximum Gasteiger partial charge on any atom is 0.148 e. The molecule has 0 aliphatic carbocycles. The van der Waals surface area contributed by atoms with Crippen LogP contribution < -0.4 is 0 Å². The van der Waals surface area contributed by atoms with E-state index in [1.807, 2.05) is 12.1 Å². The van der Waals surface area contributed by atoms with E-state index in [0.717, 1.165) is 11.5 Å². The molecular weight excluding hydrogens is 166 g/mol. The Morgan fingerprint density at radius 1 is 1.62 bits per heavy atom. The molecule has 0 bridgehead atoms. The van der Waals surface area contributed by atoms with Gasteiger partial charge in [0.2, 0.25) is 0 Å². The molecule has 3 heteroatoms. The van der Waals surface area contributed by atoms with Crippen molar-refractivity contribution >= 4 is 5.71 Å². The first-order valence-electron chi connectivity index (χ1n) is 4.40. The summed E-state index contributed by atoms with van der Waals surface area (Å²) in [5.74, 6) is 0.765. The Hall–Kier alpha value is -1.09. The fourth-order valence-corrected chi connectivity index (χ4v) is 1.73. The van der Waals surface area contributed by atoms with Crippen LogP contribution in [0.2, 0.25) is 0 Å². The Balaban J connectivity index is 2.38. The summed E-state index contributed by atoms with van der Waals surface area (Å²) in [4.78, 5) is 4.16. The molecule has 1 aromatic heterocycles. The molecule has 2 heterocycles. The smallest absolute Gasteiger partial charge is 0.148 e. The van der Waals surface area contributed by atoms with Gasteiger partial charge in [-0.3, -0.25) is 4.99 Å². The molecule has 70 valence electrons. The Morgan fingerprint density at radius 2 is 2.38 bits per heavy atom. The van der Waals surface area contributed by atoms with Gasteiger partial charge in [0.15, 0.2) is 0 Å². The number of hydrogen-bond donors (Lipinski definition) is 1. The molecule has 1 aliphatic rings. The van der Waals surface area contributed by atoms with Gasteiger partial charge >= 0.3 is 0 Å². The molecule has 0 radical (unpaired) electrons. The van der Waals surface area contributed by atoms with E-state index in [2.05, 4.69) is 18.8 Å². The highest BCUT2D eigenvalue weighted by molar-refractivity contribution is 6.03. The zero-order chi connectivity index (χ0) is 9.47. The van der Waals surface area contributed by atoms with Gasteiger partial charge in [0.1, 0.15) is 12.0 Å². The Kier molecular flexibility index (Phi) is 1.77. The summed E-state index contributed by atoms with van der Waals surface area (Å²) in [6.07, 6.45) is 1.72. The van der Waals surface area contributed by atoms with Gasteiger partial charge in [-0.25, -0.2) is 0 Å². The topological polar surface area (TPSA) is 45.7 Å². The van der Waals surface area contributed by atoms with Crippen molar-refractivity contribution < 1.29 is 9.52 Å². The van der Waals surface area contributed by atoms with Crippen molar-refractivity contribution in [3.63, 3.8) is 0 Å². The molecule has 0 amide bonds. The summed E-state index contributed by atoms with van der Waals surface area (Å²) in [6.45, 7) is 4.12.